The monoisotopic (exact) mass is 265 g/mol. The fraction of sp³-hybridized carbons (Fsp3) is 0.643. The van der Waals surface area contributed by atoms with Crippen molar-refractivity contribution in [2.45, 2.75) is 32.5 Å². The van der Waals surface area contributed by atoms with Crippen LogP contribution in [-0.2, 0) is 11.3 Å². The number of hydrogen-bond acceptors (Lipinski definition) is 3. The maximum atomic E-state index is 12.7. The zero-order valence-electron chi connectivity index (χ0n) is 11.9. The number of amides is 1. The van der Waals surface area contributed by atoms with Crippen LogP contribution in [0.2, 0.25) is 0 Å². The van der Waals surface area contributed by atoms with Gasteiger partial charge in [0.05, 0.1) is 6.61 Å². The SMILES string of the molecule is COCCn1cccc1C(=O)N1C(C)CNCC1C. The van der Waals surface area contributed by atoms with Crippen LogP contribution in [0, 0.1) is 0 Å². The second-order valence-corrected chi connectivity index (χ2v) is 5.15. The maximum Gasteiger partial charge on any atom is 0.271 e. The molecular weight excluding hydrogens is 242 g/mol. The van der Waals surface area contributed by atoms with Gasteiger partial charge in [-0.25, -0.2) is 0 Å². The Bertz CT molecular complexity index is 420. The number of rotatable bonds is 4. The minimum atomic E-state index is 0.114. The third-order valence-electron chi connectivity index (χ3n) is 3.65. The first kappa shape index (κ1) is 14.1. The van der Waals surface area contributed by atoms with Crippen molar-refractivity contribution in [3.63, 3.8) is 0 Å². The fourth-order valence-electron chi connectivity index (χ4n) is 2.66. The van der Waals surface area contributed by atoms with Crippen molar-refractivity contribution in [1.82, 2.24) is 14.8 Å². The van der Waals surface area contributed by atoms with Gasteiger partial charge in [-0.05, 0) is 26.0 Å². The summed E-state index contributed by atoms with van der Waals surface area (Å²) in [4.78, 5) is 14.7. The second-order valence-electron chi connectivity index (χ2n) is 5.15. The lowest BCUT2D eigenvalue weighted by atomic mass is 10.1. The summed E-state index contributed by atoms with van der Waals surface area (Å²) in [6.45, 7) is 7.21. The van der Waals surface area contributed by atoms with Crippen LogP contribution >= 0.6 is 0 Å². The van der Waals surface area contributed by atoms with Gasteiger partial charge in [-0.2, -0.15) is 0 Å². The molecule has 1 fully saturated rings. The summed E-state index contributed by atoms with van der Waals surface area (Å²) in [6, 6.07) is 4.25. The summed E-state index contributed by atoms with van der Waals surface area (Å²) >= 11 is 0. The normalized spacial score (nSPS) is 23.6. The molecule has 1 amide bonds. The molecule has 2 rings (SSSR count). The van der Waals surface area contributed by atoms with Crippen LogP contribution in [0.15, 0.2) is 18.3 Å². The van der Waals surface area contributed by atoms with Gasteiger partial charge in [0.15, 0.2) is 0 Å². The molecule has 106 valence electrons. The number of methoxy groups -OCH3 is 1. The molecule has 5 nitrogen and oxygen atoms in total. The summed E-state index contributed by atoms with van der Waals surface area (Å²) in [5.74, 6) is 0.114. The average molecular weight is 265 g/mol. The topological polar surface area (TPSA) is 46.5 Å². The van der Waals surface area contributed by atoms with E-state index in [-0.39, 0.29) is 18.0 Å². The molecule has 0 radical (unpaired) electrons. The van der Waals surface area contributed by atoms with Crippen LogP contribution in [-0.4, -0.2) is 54.3 Å². The zero-order chi connectivity index (χ0) is 13.8. The smallest absolute Gasteiger partial charge is 0.271 e. The molecule has 2 atom stereocenters. The Morgan fingerprint density at radius 3 is 2.74 bits per heavy atom. The number of piperazine rings is 1. The summed E-state index contributed by atoms with van der Waals surface area (Å²) in [5.41, 5.74) is 0.748. The first-order chi connectivity index (χ1) is 9.15. The van der Waals surface area contributed by atoms with E-state index in [9.17, 15) is 4.79 Å². The van der Waals surface area contributed by atoms with Crippen molar-refractivity contribution in [2.75, 3.05) is 26.8 Å². The predicted molar refractivity (Wildman–Crippen MR) is 74.3 cm³/mol. The van der Waals surface area contributed by atoms with Crippen molar-refractivity contribution in [3.05, 3.63) is 24.0 Å². The molecule has 1 aliphatic heterocycles. The number of hydrogen-bond donors (Lipinski definition) is 1. The van der Waals surface area contributed by atoms with Gasteiger partial charge in [-0.3, -0.25) is 4.79 Å². The van der Waals surface area contributed by atoms with E-state index in [0.717, 1.165) is 18.8 Å². The minimum absolute atomic E-state index is 0.114. The minimum Gasteiger partial charge on any atom is -0.383 e. The van der Waals surface area contributed by atoms with E-state index in [0.29, 0.717) is 13.2 Å². The van der Waals surface area contributed by atoms with Crippen LogP contribution in [0.5, 0.6) is 0 Å². The first-order valence-corrected chi connectivity index (χ1v) is 6.82. The van der Waals surface area contributed by atoms with Gasteiger partial charge < -0.3 is 19.5 Å². The van der Waals surface area contributed by atoms with Gasteiger partial charge in [0, 0.05) is 45.0 Å². The second kappa shape index (κ2) is 6.21. The lowest BCUT2D eigenvalue weighted by Crippen LogP contribution is -2.57. The molecule has 1 aromatic rings. The standard InChI is InChI=1S/C14H23N3O2/c1-11-9-15-10-12(2)17(11)14(18)13-5-4-6-16(13)7-8-19-3/h4-6,11-12,15H,7-10H2,1-3H3. The van der Waals surface area contributed by atoms with Gasteiger partial charge in [0.25, 0.3) is 5.91 Å². The number of ether oxygens (including phenoxy) is 1. The van der Waals surface area contributed by atoms with Crippen molar-refractivity contribution >= 4 is 5.91 Å². The molecule has 5 heteroatoms. The van der Waals surface area contributed by atoms with E-state index in [1.54, 1.807) is 7.11 Å². The molecule has 0 aromatic carbocycles. The highest BCUT2D eigenvalue weighted by Gasteiger charge is 2.30. The Hall–Kier alpha value is -1.33. The van der Waals surface area contributed by atoms with Gasteiger partial charge in [-0.1, -0.05) is 0 Å². The number of carbonyl (C=O) groups is 1. The van der Waals surface area contributed by atoms with Crippen LogP contribution in [0.4, 0.5) is 0 Å². The molecule has 1 N–H and O–H groups in total. The maximum absolute atomic E-state index is 12.7. The fourth-order valence-corrected chi connectivity index (χ4v) is 2.66. The molecular formula is C14H23N3O2. The summed E-state index contributed by atoms with van der Waals surface area (Å²) in [6.07, 6.45) is 1.93. The summed E-state index contributed by atoms with van der Waals surface area (Å²) < 4.78 is 7.05. The number of aromatic nitrogens is 1. The molecule has 19 heavy (non-hydrogen) atoms. The molecule has 1 aromatic heterocycles. The Morgan fingerprint density at radius 2 is 2.11 bits per heavy atom. The van der Waals surface area contributed by atoms with Crippen molar-refractivity contribution in [1.29, 1.82) is 0 Å². The molecule has 2 heterocycles. The molecule has 1 aliphatic rings. The van der Waals surface area contributed by atoms with E-state index in [4.69, 9.17) is 4.74 Å². The van der Waals surface area contributed by atoms with E-state index < -0.39 is 0 Å². The highest BCUT2D eigenvalue weighted by atomic mass is 16.5. The Balaban J connectivity index is 2.16. The van der Waals surface area contributed by atoms with Crippen LogP contribution in [0.1, 0.15) is 24.3 Å². The highest BCUT2D eigenvalue weighted by molar-refractivity contribution is 5.93. The van der Waals surface area contributed by atoms with Crippen molar-refractivity contribution < 1.29 is 9.53 Å². The van der Waals surface area contributed by atoms with Crippen molar-refractivity contribution in [2.24, 2.45) is 0 Å². The van der Waals surface area contributed by atoms with E-state index in [1.165, 1.54) is 0 Å². The Morgan fingerprint density at radius 1 is 1.42 bits per heavy atom. The molecule has 1 saturated heterocycles. The van der Waals surface area contributed by atoms with E-state index in [1.807, 2.05) is 27.8 Å². The van der Waals surface area contributed by atoms with Crippen LogP contribution in [0.3, 0.4) is 0 Å². The van der Waals surface area contributed by atoms with Crippen LogP contribution < -0.4 is 5.32 Å². The lowest BCUT2D eigenvalue weighted by Gasteiger charge is -2.39. The molecule has 0 saturated carbocycles. The van der Waals surface area contributed by atoms with Gasteiger partial charge in [0.2, 0.25) is 0 Å². The van der Waals surface area contributed by atoms with E-state index in [2.05, 4.69) is 19.2 Å². The van der Waals surface area contributed by atoms with Gasteiger partial charge >= 0.3 is 0 Å². The Labute approximate surface area is 114 Å². The molecule has 0 aliphatic carbocycles. The quantitative estimate of drug-likeness (QED) is 0.882. The largest absolute Gasteiger partial charge is 0.383 e. The molecule has 0 spiro atoms. The highest BCUT2D eigenvalue weighted by Crippen LogP contribution is 2.15. The molecule has 2 unspecified atom stereocenters. The number of nitrogens with one attached hydrogen (secondary N) is 1. The third kappa shape index (κ3) is 2.98. The van der Waals surface area contributed by atoms with Gasteiger partial charge in [-0.15, -0.1) is 0 Å². The third-order valence-corrected chi connectivity index (χ3v) is 3.65. The van der Waals surface area contributed by atoms with E-state index >= 15 is 0 Å². The lowest BCUT2D eigenvalue weighted by molar-refractivity contribution is 0.0531. The number of nitrogens with zero attached hydrogens (tertiary/aromatic N) is 2. The van der Waals surface area contributed by atoms with Crippen molar-refractivity contribution in [3.8, 4) is 0 Å². The Kier molecular flexibility index (Phi) is 4.61. The average Bonchev–Trinajstić information content (AvgIpc) is 2.84. The van der Waals surface area contributed by atoms with Crippen LogP contribution in [0.25, 0.3) is 0 Å². The van der Waals surface area contributed by atoms with Gasteiger partial charge in [0.1, 0.15) is 5.69 Å². The first-order valence-electron chi connectivity index (χ1n) is 6.82. The zero-order valence-corrected chi connectivity index (χ0v) is 11.9. The summed E-state index contributed by atoms with van der Waals surface area (Å²) in [7, 11) is 1.67. The molecule has 0 bridgehead atoms. The number of carbonyl (C=O) groups excluding carboxylic acids is 1. The predicted octanol–water partition coefficient (Wildman–Crippen LogP) is 0.957. The summed E-state index contributed by atoms with van der Waals surface area (Å²) in [5, 5.41) is 3.34.